The van der Waals surface area contributed by atoms with E-state index in [9.17, 15) is 8.78 Å². The first-order valence-corrected chi connectivity index (χ1v) is 5.10. The van der Waals surface area contributed by atoms with Crippen molar-refractivity contribution in [2.45, 2.75) is 13.3 Å². The average Bonchev–Trinajstić information content (AvgIpc) is 2.30. The highest BCUT2D eigenvalue weighted by Crippen LogP contribution is 2.25. The lowest BCUT2D eigenvalue weighted by Gasteiger charge is -2.08. The molecule has 1 nitrogen and oxygen atoms in total. The Labute approximate surface area is 92.8 Å². The van der Waals surface area contributed by atoms with E-state index in [-0.39, 0.29) is 11.6 Å². The minimum absolute atomic E-state index is 0.300. The number of halogens is 2. The Balaban J connectivity index is 2.55. The lowest BCUT2D eigenvalue weighted by atomic mass is 10.0. The lowest BCUT2D eigenvalue weighted by molar-refractivity contribution is 0.606. The third-order valence-corrected chi connectivity index (χ3v) is 2.51. The SMILES string of the molecule is CCc1c(F)cncc1-c1ccc(F)cc1. The maximum Gasteiger partial charge on any atom is 0.145 e. The van der Waals surface area contributed by atoms with Crippen LogP contribution in [-0.4, -0.2) is 4.98 Å². The number of rotatable bonds is 2. The van der Waals surface area contributed by atoms with E-state index in [1.807, 2.05) is 6.92 Å². The Bertz CT molecular complexity index is 492. The summed E-state index contributed by atoms with van der Waals surface area (Å²) in [5.74, 6) is -0.615. The van der Waals surface area contributed by atoms with E-state index in [2.05, 4.69) is 4.98 Å². The van der Waals surface area contributed by atoms with Crippen LogP contribution >= 0.6 is 0 Å². The van der Waals surface area contributed by atoms with Gasteiger partial charge in [-0.3, -0.25) is 4.98 Å². The van der Waals surface area contributed by atoms with Crippen LogP contribution in [0, 0.1) is 11.6 Å². The van der Waals surface area contributed by atoms with Gasteiger partial charge in [0, 0.05) is 11.8 Å². The van der Waals surface area contributed by atoms with Gasteiger partial charge >= 0.3 is 0 Å². The first-order valence-electron chi connectivity index (χ1n) is 5.10. The second-order valence-electron chi connectivity index (χ2n) is 3.51. The highest BCUT2D eigenvalue weighted by Gasteiger charge is 2.08. The molecular formula is C13H11F2N. The molecule has 0 aliphatic rings. The van der Waals surface area contributed by atoms with Crippen molar-refractivity contribution in [2.75, 3.05) is 0 Å². The molecule has 82 valence electrons. The number of hydrogen-bond donors (Lipinski definition) is 0. The Morgan fingerprint density at radius 1 is 1.06 bits per heavy atom. The molecule has 0 bridgehead atoms. The van der Waals surface area contributed by atoms with E-state index in [0.29, 0.717) is 12.0 Å². The molecule has 1 heterocycles. The van der Waals surface area contributed by atoms with Gasteiger partial charge in [0.2, 0.25) is 0 Å². The molecule has 0 saturated carbocycles. The summed E-state index contributed by atoms with van der Waals surface area (Å²) in [4.78, 5) is 3.82. The van der Waals surface area contributed by atoms with Crippen LogP contribution in [-0.2, 0) is 6.42 Å². The third-order valence-electron chi connectivity index (χ3n) is 2.51. The van der Waals surface area contributed by atoms with Crippen LogP contribution in [0.15, 0.2) is 36.7 Å². The molecule has 2 rings (SSSR count). The maximum absolute atomic E-state index is 13.5. The van der Waals surface area contributed by atoms with E-state index in [1.54, 1.807) is 18.3 Å². The Kier molecular flexibility index (Phi) is 2.95. The summed E-state index contributed by atoms with van der Waals surface area (Å²) in [5.41, 5.74) is 2.12. The topological polar surface area (TPSA) is 12.9 Å². The highest BCUT2D eigenvalue weighted by molar-refractivity contribution is 5.66. The zero-order valence-corrected chi connectivity index (χ0v) is 8.87. The lowest BCUT2D eigenvalue weighted by Crippen LogP contribution is -1.94. The molecular weight excluding hydrogens is 208 g/mol. The molecule has 0 aliphatic heterocycles. The van der Waals surface area contributed by atoms with Crippen LogP contribution in [0.25, 0.3) is 11.1 Å². The molecule has 0 N–H and O–H groups in total. The summed E-state index contributed by atoms with van der Waals surface area (Å²) >= 11 is 0. The zero-order chi connectivity index (χ0) is 11.5. The summed E-state index contributed by atoms with van der Waals surface area (Å²) < 4.78 is 26.3. The number of pyridine rings is 1. The number of nitrogens with zero attached hydrogens (tertiary/aromatic N) is 1. The van der Waals surface area contributed by atoms with Gasteiger partial charge in [0.15, 0.2) is 0 Å². The van der Waals surface area contributed by atoms with Gasteiger partial charge in [0.05, 0.1) is 6.20 Å². The molecule has 0 saturated heterocycles. The average molecular weight is 219 g/mol. The van der Waals surface area contributed by atoms with Crippen molar-refractivity contribution in [2.24, 2.45) is 0 Å². The fourth-order valence-electron chi connectivity index (χ4n) is 1.70. The van der Waals surface area contributed by atoms with Crippen LogP contribution in [0.5, 0.6) is 0 Å². The monoisotopic (exact) mass is 219 g/mol. The smallest absolute Gasteiger partial charge is 0.145 e. The van der Waals surface area contributed by atoms with Crippen LogP contribution in [0.4, 0.5) is 8.78 Å². The van der Waals surface area contributed by atoms with E-state index in [1.165, 1.54) is 18.3 Å². The Morgan fingerprint density at radius 3 is 2.38 bits per heavy atom. The van der Waals surface area contributed by atoms with Gasteiger partial charge in [-0.1, -0.05) is 19.1 Å². The molecule has 16 heavy (non-hydrogen) atoms. The molecule has 0 amide bonds. The van der Waals surface area contributed by atoms with Crippen molar-refractivity contribution in [3.8, 4) is 11.1 Å². The maximum atomic E-state index is 13.5. The van der Waals surface area contributed by atoms with Crippen LogP contribution in [0.1, 0.15) is 12.5 Å². The normalized spacial score (nSPS) is 10.4. The largest absolute Gasteiger partial charge is 0.261 e. The number of aromatic nitrogens is 1. The zero-order valence-electron chi connectivity index (χ0n) is 8.87. The minimum atomic E-state index is -0.315. The van der Waals surface area contributed by atoms with Gasteiger partial charge in [-0.2, -0.15) is 0 Å². The standard InChI is InChI=1S/C13H11F2N/c1-2-11-12(7-16-8-13(11)15)9-3-5-10(14)6-4-9/h3-8H,2H2,1H3. The molecule has 1 aromatic carbocycles. The summed E-state index contributed by atoms with van der Waals surface area (Å²) in [6.07, 6.45) is 3.39. The molecule has 0 unspecified atom stereocenters. The first kappa shape index (κ1) is 10.7. The Morgan fingerprint density at radius 2 is 1.75 bits per heavy atom. The van der Waals surface area contributed by atoms with Crippen molar-refractivity contribution in [1.82, 2.24) is 4.98 Å². The molecule has 2 aromatic rings. The van der Waals surface area contributed by atoms with Gasteiger partial charge in [0.25, 0.3) is 0 Å². The van der Waals surface area contributed by atoms with E-state index >= 15 is 0 Å². The van der Waals surface area contributed by atoms with Gasteiger partial charge in [-0.05, 0) is 29.7 Å². The molecule has 0 radical (unpaired) electrons. The number of hydrogen-bond acceptors (Lipinski definition) is 1. The molecule has 1 aromatic heterocycles. The molecule has 3 heteroatoms. The predicted molar refractivity (Wildman–Crippen MR) is 59.0 cm³/mol. The van der Waals surface area contributed by atoms with Crippen molar-refractivity contribution >= 4 is 0 Å². The molecule has 0 spiro atoms. The van der Waals surface area contributed by atoms with Gasteiger partial charge in [0.1, 0.15) is 11.6 Å². The van der Waals surface area contributed by atoms with Crippen molar-refractivity contribution < 1.29 is 8.78 Å². The predicted octanol–water partition coefficient (Wildman–Crippen LogP) is 3.59. The van der Waals surface area contributed by atoms with Crippen molar-refractivity contribution in [3.63, 3.8) is 0 Å². The van der Waals surface area contributed by atoms with E-state index < -0.39 is 0 Å². The molecule has 0 atom stereocenters. The quantitative estimate of drug-likeness (QED) is 0.752. The number of benzene rings is 1. The van der Waals surface area contributed by atoms with Crippen LogP contribution in [0.3, 0.4) is 0 Å². The third kappa shape index (κ3) is 1.94. The van der Waals surface area contributed by atoms with Gasteiger partial charge in [-0.25, -0.2) is 8.78 Å². The van der Waals surface area contributed by atoms with E-state index in [0.717, 1.165) is 11.1 Å². The fraction of sp³-hybridized carbons (Fsp3) is 0.154. The second kappa shape index (κ2) is 4.39. The van der Waals surface area contributed by atoms with Crippen molar-refractivity contribution in [3.05, 3.63) is 53.9 Å². The van der Waals surface area contributed by atoms with Crippen LogP contribution < -0.4 is 0 Å². The fourth-order valence-corrected chi connectivity index (χ4v) is 1.70. The molecule has 0 fully saturated rings. The minimum Gasteiger partial charge on any atom is -0.261 e. The Hall–Kier alpha value is -1.77. The van der Waals surface area contributed by atoms with Gasteiger partial charge in [-0.15, -0.1) is 0 Å². The molecule has 0 aliphatic carbocycles. The van der Waals surface area contributed by atoms with Crippen molar-refractivity contribution in [1.29, 1.82) is 0 Å². The highest BCUT2D eigenvalue weighted by atomic mass is 19.1. The first-order chi connectivity index (χ1) is 7.72. The summed E-state index contributed by atoms with van der Waals surface area (Å²) in [7, 11) is 0. The summed E-state index contributed by atoms with van der Waals surface area (Å²) in [5, 5.41) is 0. The van der Waals surface area contributed by atoms with Crippen LogP contribution in [0.2, 0.25) is 0 Å². The second-order valence-corrected chi connectivity index (χ2v) is 3.51. The van der Waals surface area contributed by atoms with E-state index in [4.69, 9.17) is 0 Å². The summed E-state index contributed by atoms with van der Waals surface area (Å²) in [6, 6.07) is 5.98. The van der Waals surface area contributed by atoms with Gasteiger partial charge < -0.3 is 0 Å². The summed E-state index contributed by atoms with van der Waals surface area (Å²) in [6.45, 7) is 1.88.